The second kappa shape index (κ2) is 6.46. The van der Waals surface area contributed by atoms with Crippen molar-refractivity contribution < 1.29 is 14.6 Å². The van der Waals surface area contributed by atoms with Gasteiger partial charge >= 0.3 is 0 Å². The zero-order chi connectivity index (χ0) is 16.5. The summed E-state index contributed by atoms with van der Waals surface area (Å²) < 4.78 is 13.5. The van der Waals surface area contributed by atoms with Gasteiger partial charge in [-0.1, -0.05) is 6.92 Å². The van der Waals surface area contributed by atoms with E-state index >= 15 is 0 Å². The van der Waals surface area contributed by atoms with Crippen molar-refractivity contribution in [3.8, 4) is 11.4 Å². The van der Waals surface area contributed by atoms with E-state index in [1.807, 2.05) is 10.8 Å². The fourth-order valence-corrected chi connectivity index (χ4v) is 3.27. The standard InChI is InChI=1S/C16H21N5O3/c1-2-3-18-16-19-6-10(7-20-16)15-17-4-5-21(15)11-8-23-14-12(22)9-24-13(11)14/h4-7,11-14,22H,2-3,8-9H2,1H3,(H,18,19,20)/t11-,12-,13-,14-/m1/s1. The molecule has 4 heterocycles. The molecule has 0 radical (unpaired) electrons. The number of hydrogen-bond acceptors (Lipinski definition) is 7. The first-order chi connectivity index (χ1) is 11.8. The van der Waals surface area contributed by atoms with E-state index in [9.17, 15) is 5.11 Å². The third kappa shape index (κ3) is 2.66. The van der Waals surface area contributed by atoms with Crippen LogP contribution in [0.3, 0.4) is 0 Å². The van der Waals surface area contributed by atoms with Crippen molar-refractivity contribution in [3.63, 3.8) is 0 Å². The van der Waals surface area contributed by atoms with E-state index in [4.69, 9.17) is 9.47 Å². The molecule has 2 aromatic rings. The van der Waals surface area contributed by atoms with Crippen LogP contribution in [0.2, 0.25) is 0 Å². The highest BCUT2D eigenvalue weighted by atomic mass is 16.6. The summed E-state index contributed by atoms with van der Waals surface area (Å²) in [5, 5.41) is 13.1. The van der Waals surface area contributed by atoms with Crippen molar-refractivity contribution in [1.29, 1.82) is 0 Å². The molecule has 2 saturated heterocycles. The smallest absolute Gasteiger partial charge is 0.222 e. The molecule has 0 saturated carbocycles. The molecule has 0 aliphatic carbocycles. The lowest BCUT2D eigenvalue weighted by Gasteiger charge is -2.19. The first-order valence-electron chi connectivity index (χ1n) is 8.28. The molecular weight excluding hydrogens is 310 g/mol. The van der Waals surface area contributed by atoms with Crippen LogP contribution in [0.4, 0.5) is 5.95 Å². The Morgan fingerprint density at radius 1 is 1.21 bits per heavy atom. The monoisotopic (exact) mass is 331 g/mol. The number of aliphatic hydroxyl groups excluding tert-OH is 1. The minimum atomic E-state index is -0.556. The van der Waals surface area contributed by atoms with Gasteiger partial charge in [0.25, 0.3) is 0 Å². The van der Waals surface area contributed by atoms with Crippen LogP contribution in [0.1, 0.15) is 19.4 Å². The first kappa shape index (κ1) is 15.5. The number of anilines is 1. The van der Waals surface area contributed by atoms with Gasteiger partial charge in [-0.15, -0.1) is 0 Å². The van der Waals surface area contributed by atoms with Crippen molar-refractivity contribution in [2.45, 2.75) is 37.7 Å². The van der Waals surface area contributed by atoms with E-state index in [2.05, 4.69) is 27.2 Å². The molecule has 0 spiro atoms. The number of rotatable bonds is 5. The first-order valence-corrected chi connectivity index (χ1v) is 8.28. The number of imidazole rings is 1. The number of fused-ring (bicyclic) bond motifs is 1. The molecule has 2 N–H and O–H groups in total. The van der Waals surface area contributed by atoms with E-state index in [0.717, 1.165) is 24.4 Å². The van der Waals surface area contributed by atoms with Gasteiger partial charge in [0.2, 0.25) is 5.95 Å². The lowest BCUT2D eigenvalue weighted by atomic mass is 10.1. The van der Waals surface area contributed by atoms with Crippen molar-refractivity contribution in [1.82, 2.24) is 19.5 Å². The van der Waals surface area contributed by atoms with E-state index in [0.29, 0.717) is 19.2 Å². The molecule has 2 aliphatic rings. The summed E-state index contributed by atoms with van der Waals surface area (Å²) in [6.07, 6.45) is 7.23. The second-order valence-electron chi connectivity index (χ2n) is 6.11. The largest absolute Gasteiger partial charge is 0.388 e. The average molecular weight is 331 g/mol. The zero-order valence-electron chi connectivity index (χ0n) is 13.5. The van der Waals surface area contributed by atoms with Gasteiger partial charge in [0.1, 0.15) is 24.1 Å². The molecule has 0 amide bonds. The zero-order valence-corrected chi connectivity index (χ0v) is 13.5. The van der Waals surface area contributed by atoms with Gasteiger partial charge < -0.3 is 24.5 Å². The van der Waals surface area contributed by atoms with Crippen molar-refractivity contribution in [3.05, 3.63) is 24.8 Å². The van der Waals surface area contributed by atoms with Gasteiger partial charge in [-0.25, -0.2) is 15.0 Å². The van der Waals surface area contributed by atoms with Crippen LogP contribution in [0.15, 0.2) is 24.8 Å². The fourth-order valence-electron chi connectivity index (χ4n) is 3.27. The Labute approximate surface area is 139 Å². The molecule has 0 bridgehead atoms. The van der Waals surface area contributed by atoms with E-state index in [1.54, 1.807) is 18.6 Å². The molecule has 2 aromatic heterocycles. The number of hydrogen-bond donors (Lipinski definition) is 2. The van der Waals surface area contributed by atoms with Crippen LogP contribution >= 0.6 is 0 Å². The molecule has 4 atom stereocenters. The lowest BCUT2D eigenvalue weighted by molar-refractivity contribution is 0.0172. The number of aromatic nitrogens is 4. The Bertz CT molecular complexity index is 689. The maximum atomic E-state index is 9.90. The summed E-state index contributed by atoms with van der Waals surface area (Å²) in [5.74, 6) is 1.39. The predicted octanol–water partition coefficient (Wildman–Crippen LogP) is 0.862. The molecule has 24 heavy (non-hydrogen) atoms. The molecule has 0 unspecified atom stereocenters. The van der Waals surface area contributed by atoms with Crippen LogP contribution in [0, 0.1) is 0 Å². The van der Waals surface area contributed by atoms with Crippen LogP contribution < -0.4 is 5.32 Å². The van der Waals surface area contributed by atoms with Gasteiger partial charge in [0.15, 0.2) is 0 Å². The second-order valence-corrected chi connectivity index (χ2v) is 6.11. The summed E-state index contributed by atoms with van der Waals surface area (Å²) >= 11 is 0. The number of nitrogens with one attached hydrogen (secondary N) is 1. The average Bonchev–Trinajstić information content (AvgIpc) is 3.31. The van der Waals surface area contributed by atoms with E-state index in [-0.39, 0.29) is 18.2 Å². The summed E-state index contributed by atoms with van der Waals surface area (Å²) in [5.41, 5.74) is 0.837. The SMILES string of the molecule is CCCNc1ncc(-c2nccn2[C@@H]2CO[C@H]3[C@@H]2OC[C@H]3O)cn1. The maximum Gasteiger partial charge on any atom is 0.222 e. The molecule has 8 heteroatoms. The number of ether oxygens (including phenoxy) is 2. The Morgan fingerprint density at radius 2 is 2.00 bits per heavy atom. The quantitative estimate of drug-likeness (QED) is 0.839. The fraction of sp³-hybridized carbons (Fsp3) is 0.562. The summed E-state index contributed by atoms with van der Waals surface area (Å²) in [6.45, 7) is 3.75. The van der Waals surface area contributed by atoms with Crippen LogP contribution in [-0.4, -0.2) is 62.7 Å². The molecule has 2 aliphatic heterocycles. The third-order valence-corrected chi connectivity index (χ3v) is 4.47. The van der Waals surface area contributed by atoms with Gasteiger partial charge in [-0.05, 0) is 6.42 Å². The van der Waals surface area contributed by atoms with Crippen LogP contribution in [-0.2, 0) is 9.47 Å². The van der Waals surface area contributed by atoms with Crippen molar-refractivity contribution in [2.24, 2.45) is 0 Å². The van der Waals surface area contributed by atoms with Crippen LogP contribution in [0.5, 0.6) is 0 Å². The highest BCUT2D eigenvalue weighted by molar-refractivity contribution is 5.54. The van der Waals surface area contributed by atoms with Crippen molar-refractivity contribution in [2.75, 3.05) is 25.1 Å². The van der Waals surface area contributed by atoms with E-state index in [1.165, 1.54) is 0 Å². The summed E-state index contributed by atoms with van der Waals surface area (Å²) in [6, 6.07) is -0.0115. The minimum Gasteiger partial charge on any atom is -0.388 e. The Hall–Kier alpha value is -2.03. The lowest BCUT2D eigenvalue weighted by Crippen LogP contribution is -2.30. The normalized spacial score (nSPS) is 28.9. The molecule has 2 fully saturated rings. The van der Waals surface area contributed by atoms with Crippen LogP contribution in [0.25, 0.3) is 11.4 Å². The number of aliphatic hydroxyl groups is 1. The highest BCUT2D eigenvalue weighted by Crippen LogP contribution is 2.36. The minimum absolute atomic E-state index is 0.0115. The van der Waals surface area contributed by atoms with Gasteiger partial charge in [0, 0.05) is 31.3 Å². The third-order valence-electron chi connectivity index (χ3n) is 4.47. The number of nitrogens with zero attached hydrogens (tertiary/aromatic N) is 4. The molecule has 0 aromatic carbocycles. The predicted molar refractivity (Wildman–Crippen MR) is 86.6 cm³/mol. The highest BCUT2D eigenvalue weighted by Gasteiger charge is 2.48. The van der Waals surface area contributed by atoms with Crippen molar-refractivity contribution >= 4 is 5.95 Å². The Kier molecular flexibility index (Phi) is 4.17. The summed E-state index contributed by atoms with van der Waals surface area (Å²) in [4.78, 5) is 13.1. The van der Waals surface area contributed by atoms with Gasteiger partial charge in [-0.3, -0.25) is 0 Å². The molecule has 128 valence electrons. The molecular formula is C16H21N5O3. The maximum absolute atomic E-state index is 9.90. The molecule has 4 rings (SSSR count). The van der Waals surface area contributed by atoms with E-state index < -0.39 is 6.10 Å². The summed E-state index contributed by atoms with van der Waals surface area (Å²) in [7, 11) is 0. The topological polar surface area (TPSA) is 94.3 Å². The Balaban J connectivity index is 1.57. The molecule has 8 nitrogen and oxygen atoms in total. The Morgan fingerprint density at radius 3 is 2.79 bits per heavy atom. The van der Waals surface area contributed by atoms with Gasteiger partial charge in [0.05, 0.1) is 24.8 Å². The van der Waals surface area contributed by atoms with Gasteiger partial charge in [-0.2, -0.15) is 0 Å².